The van der Waals surface area contributed by atoms with E-state index in [-0.39, 0.29) is 26.0 Å². The van der Waals surface area contributed by atoms with Crippen molar-refractivity contribution in [1.82, 2.24) is 0 Å². The first-order valence-corrected chi connectivity index (χ1v) is 5.23. The van der Waals surface area contributed by atoms with Gasteiger partial charge < -0.3 is 10.8 Å². The average Bonchev–Trinajstić information content (AvgIpc) is 2.39. The molecule has 0 rings (SSSR count). The third kappa shape index (κ3) is 11.3. The minimum absolute atomic E-state index is 0. The average molecular weight is 274 g/mol. The largest absolute Gasteiger partial charge is 0.387 e. The maximum Gasteiger partial charge on any atom is 0.0949 e. The normalized spacial score (nSPS) is 9.21. The molecule has 0 saturated heterocycles. The second-order valence-electron chi connectivity index (χ2n) is 3.09. The highest BCUT2D eigenvalue weighted by Crippen LogP contribution is 1.88. The quantitative estimate of drug-likeness (QED) is 0.680. The second-order valence-corrected chi connectivity index (χ2v) is 3.09. The van der Waals surface area contributed by atoms with Gasteiger partial charge >= 0.3 is 0 Å². The Balaban J connectivity index is -0.0000000178. The van der Waals surface area contributed by atoms with Crippen LogP contribution in [0, 0.1) is 0 Å². The van der Waals surface area contributed by atoms with E-state index in [1.807, 2.05) is 0 Å². The minimum atomic E-state index is -0.758. The summed E-state index contributed by atoms with van der Waals surface area (Å²) in [4.78, 5) is 0. The number of hydrogen-bond donors (Lipinski definition) is 2. The van der Waals surface area contributed by atoms with Crippen molar-refractivity contribution in [3.05, 3.63) is 81.4 Å². The number of aliphatic hydroxyl groups is 1. The molecule has 0 radical (unpaired) electrons. The van der Waals surface area contributed by atoms with Crippen LogP contribution < -0.4 is 5.73 Å². The van der Waals surface area contributed by atoms with Crippen LogP contribution in [0.3, 0.4) is 0 Å². The van der Waals surface area contributed by atoms with Crippen molar-refractivity contribution in [2.75, 3.05) is 0 Å². The van der Waals surface area contributed by atoms with Crippen LogP contribution in [0.25, 0.3) is 0 Å². The Morgan fingerprint density at radius 2 is 1.37 bits per heavy atom. The van der Waals surface area contributed by atoms with Crippen LogP contribution in [-0.2, 0) is 0 Å². The molecule has 0 aromatic carbocycles. The predicted molar refractivity (Wildman–Crippen MR) is 102 cm³/mol. The topological polar surface area (TPSA) is 46.2 Å². The molecular formula is C17H39NO. The van der Waals surface area contributed by atoms with Gasteiger partial charge in [-0.3, -0.25) is 0 Å². The first-order valence-electron chi connectivity index (χ1n) is 5.23. The molecule has 0 aromatic rings. The van der Waals surface area contributed by atoms with Crippen molar-refractivity contribution >= 4 is 0 Å². The zero-order chi connectivity index (χ0) is 14.3. The Hall–Kier alpha value is -2.98. The van der Waals surface area contributed by atoms with Gasteiger partial charge in [0.15, 0.2) is 0 Å². The maximum absolute atomic E-state index is 9.28. The molecule has 0 spiro atoms. The Labute approximate surface area is 133 Å². The molecule has 0 aliphatic rings. The third-order valence-corrected chi connectivity index (χ3v) is 1.52. The zero-order valence-corrected chi connectivity index (χ0v) is 10.5. The summed E-state index contributed by atoms with van der Waals surface area (Å²) in [6.45, 7) is 4.98. The van der Waals surface area contributed by atoms with E-state index in [4.69, 9.17) is 5.73 Å². The van der Waals surface area contributed by atoms with Crippen LogP contribution >= 0.6 is 0 Å². The molecule has 0 aliphatic carbocycles. The van der Waals surface area contributed by atoms with Gasteiger partial charge in [-0.05, 0) is 76.9 Å². The Morgan fingerprint density at radius 1 is 0.947 bits per heavy atom. The lowest BCUT2D eigenvalue weighted by Gasteiger charge is -2.06. The fraction of sp³-hybridized carbons (Fsp3) is 0.176. The van der Waals surface area contributed by atoms with Crippen LogP contribution in [-0.4, -0.2) is 17.3 Å². The number of aliphatic hydroxyl groups excluding tert-OH is 1. The summed E-state index contributed by atoms with van der Waals surface area (Å²) < 4.78 is 0. The summed E-state index contributed by atoms with van der Waals surface area (Å²) in [5.74, 6) is 0. The molecule has 0 aliphatic heterocycles. The lowest BCUT2D eigenvalue weighted by molar-refractivity contribution is 0.198. The predicted octanol–water partition coefficient (Wildman–Crippen LogP) is 5.19. The molecule has 3 N–H and O–H groups in total. The van der Waals surface area contributed by atoms with Gasteiger partial charge in [-0.1, -0.05) is 11.5 Å². The fourth-order valence-corrected chi connectivity index (χ4v) is 0.609. The van der Waals surface area contributed by atoms with Crippen LogP contribution in [0.5, 0.6) is 0 Å². The molecule has 2 nitrogen and oxygen atoms in total. The Morgan fingerprint density at radius 3 is 1.79 bits per heavy atom. The van der Waals surface area contributed by atoms with E-state index in [1.54, 1.807) is 6.92 Å². The number of nitrogens with two attached hydrogens (primary N) is 1. The molecule has 0 fully saturated rings. The molecule has 0 aromatic heterocycles. The van der Waals surface area contributed by atoms with Gasteiger partial charge in [0.25, 0.3) is 0 Å². The van der Waals surface area contributed by atoms with Crippen molar-refractivity contribution in [2.45, 2.75) is 19.1 Å². The highest BCUT2D eigenvalue weighted by Gasteiger charge is 2.02. The van der Waals surface area contributed by atoms with Crippen molar-refractivity contribution in [1.29, 1.82) is 0 Å². The van der Waals surface area contributed by atoms with Crippen LogP contribution in [0.15, 0.2) is 81.4 Å². The second kappa shape index (κ2) is 11.5. The summed E-state index contributed by atoms with van der Waals surface area (Å²) in [6.07, 6.45) is 0.623. The van der Waals surface area contributed by atoms with Gasteiger partial charge in [-0.2, -0.15) is 0 Å². The lowest BCUT2D eigenvalue weighted by Crippen LogP contribution is -2.29. The summed E-state index contributed by atoms with van der Waals surface area (Å²) in [5.41, 5.74) is 35.1. The molecule has 0 heterocycles. The van der Waals surface area contributed by atoms with E-state index in [1.165, 1.54) is 6.08 Å². The Bertz CT molecular complexity index is 787. The van der Waals surface area contributed by atoms with E-state index >= 15 is 0 Å². The monoisotopic (exact) mass is 273 g/mol. The van der Waals surface area contributed by atoms with Gasteiger partial charge in [-0.25, -0.2) is 0 Å². The summed E-state index contributed by atoms with van der Waals surface area (Å²) in [6, 6.07) is -0.355. The van der Waals surface area contributed by atoms with Crippen molar-refractivity contribution < 1.29 is 25.1 Å². The fourth-order valence-electron chi connectivity index (χ4n) is 0.609. The van der Waals surface area contributed by atoms with Crippen LogP contribution in [0.4, 0.5) is 0 Å². The third-order valence-electron chi connectivity index (χ3n) is 1.52. The van der Waals surface area contributed by atoms with Crippen LogP contribution in [0.2, 0.25) is 0 Å². The summed E-state index contributed by atoms with van der Waals surface area (Å²) in [7, 11) is 0. The van der Waals surface area contributed by atoms with Gasteiger partial charge in [-0.15, -0.1) is 0 Å². The van der Waals surface area contributed by atoms with E-state index in [2.05, 4.69) is 75.4 Å². The molecular weight excluding hydrogens is 234 g/mol. The standard InChI is InChI=1S/C17H11NO.14H2/c1-3-4-5-6-7-8-9-10-11-12-13-14-15-17(19)16(2)18;;;;;;;;;;;;;;/h15-17,19H,1,18H2,2H3;14*1H/t16-,17-;;;;;;;;;;;;;;/m0............../s1. The SMILES string of the molecule is C=C=C=C=C=C=C=C=C=C=C=C=C=C[C@H](O)[C@H](C)N.[HH].[HH].[HH].[HH].[HH].[HH].[HH].[HH].[HH].[HH].[HH].[HH].[HH].[HH]. The molecule has 2 atom stereocenters. The van der Waals surface area contributed by atoms with Crippen LogP contribution in [0.1, 0.15) is 26.9 Å². The smallest absolute Gasteiger partial charge is 0.0949 e. The zero-order valence-electron chi connectivity index (χ0n) is 10.5. The highest BCUT2D eigenvalue weighted by molar-refractivity contribution is 4.95. The van der Waals surface area contributed by atoms with E-state index in [0.29, 0.717) is 0 Å². The number of hydrogen-bond acceptors (Lipinski definition) is 2. The molecule has 0 saturated carbocycles. The lowest BCUT2D eigenvalue weighted by atomic mass is 10.2. The maximum atomic E-state index is 9.28. The first-order chi connectivity index (χ1) is 9.18. The molecule has 2 heteroatoms. The van der Waals surface area contributed by atoms with Gasteiger partial charge in [0, 0.05) is 26.0 Å². The molecule has 0 bridgehead atoms. The van der Waals surface area contributed by atoms with Crippen molar-refractivity contribution in [2.24, 2.45) is 5.73 Å². The van der Waals surface area contributed by atoms with E-state index in [9.17, 15) is 5.11 Å². The van der Waals surface area contributed by atoms with Gasteiger partial charge in [0.2, 0.25) is 0 Å². The van der Waals surface area contributed by atoms with Gasteiger partial charge in [0.05, 0.1) is 6.10 Å². The minimum Gasteiger partial charge on any atom is -0.387 e. The highest BCUT2D eigenvalue weighted by atomic mass is 16.3. The summed E-state index contributed by atoms with van der Waals surface area (Å²) in [5, 5.41) is 9.28. The van der Waals surface area contributed by atoms with Crippen molar-refractivity contribution in [3.8, 4) is 0 Å². The molecule has 0 amide bonds. The molecule has 0 unspecified atom stereocenters. The van der Waals surface area contributed by atoms with E-state index in [0.717, 1.165) is 0 Å². The van der Waals surface area contributed by atoms with E-state index < -0.39 is 6.10 Å². The number of rotatable bonds is 2. The summed E-state index contributed by atoms with van der Waals surface area (Å²) >= 11 is 0. The molecule has 19 heavy (non-hydrogen) atoms. The Kier molecular flexibility index (Phi) is 9.70. The van der Waals surface area contributed by atoms with Gasteiger partial charge in [0.1, 0.15) is 0 Å². The van der Waals surface area contributed by atoms with Crippen molar-refractivity contribution in [3.63, 3.8) is 0 Å². The first kappa shape index (κ1) is 16.0. The molecule has 118 valence electrons.